The molecule has 0 fully saturated rings. The van der Waals surface area contributed by atoms with Gasteiger partial charge in [0.2, 0.25) is 0 Å². The fraction of sp³-hybridized carbons (Fsp3) is 0.769. The van der Waals surface area contributed by atoms with Crippen LogP contribution in [0.3, 0.4) is 0 Å². The van der Waals surface area contributed by atoms with Gasteiger partial charge in [-0.3, -0.25) is 0 Å². The lowest BCUT2D eigenvalue weighted by atomic mass is 10.1. The van der Waals surface area contributed by atoms with E-state index in [4.69, 9.17) is 0 Å². The molecule has 16 heavy (non-hydrogen) atoms. The second kappa shape index (κ2) is 6.69. The summed E-state index contributed by atoms with van der Waals surface area (Å²) in [7, 11) is 0. The Morgan fingerprint density at radius 1 is 1.38 bits per heavy atom. The van der Waals surface area contributed by atoms with Crippen molar-refractivity contribution in [3.05, 3.63) is 18.2 Å². The summed E-state index contributed by atoms with van der Waals surface area (Å²) in [6.07, 6.45) is 5.20. The van der Waals surface area contributed by atoms with Crippen LogP contribution in [0.5, 0.6) is 0 Å². The molecule has 1 unspecified atom stereocenters. The number of aromatic nitrogens is 2. The van der Waals surface area contributed by atoms with Crippen molar-refractivity contribution in [2.45, 2.75) is 46.6 Å². The van der Waals surface area contributed by atoms with E-state index in [0.29, 0.717) is 11.8 Å². The molecular weight excluding hydrogens is 198 g/mol. The lowest BCUT2D eigenvalue weighted by Gasteiger charge is -2.16. The molecule has 0 bridgehead atoms. The molecule has 0 spiro atoms. The number of hydrogen-bond acceptors (Lipinski definition) is 2. The highest BCUT2D eigenvalue weighted by Crippen LogP contribution is 2.13. The molecule has 1 atom stereocenters. The van der Waals surface area contributed by atoms with Gasteiger partial charge in [0.05, 0.1) is 0 Å². The zero-order valence-corrected chi connectivity index (χ0v) is 11.0. The Morgan fingerprint density at radius 3 is 2.75 bits per heavy atom. The fourth-order valence-electron chi connectivity index (χ4n) is 1.90. The molecule has 1 N–H and O–H groups in total. The van der Waals surface area contributed by atoms with E-state index in [1.54, 1.807) is 0 Å². The zero-order chi connectivity index (χ0) is 12.0. The molecule has 1 aromatic heterocycles. The molecule has 0 aromatic carbocycles. The van der Waals surface area contributed by atoms with Crippen LogP contribution in [0, 0.1) is 5.92 Å². The average molecular weight is 223 g/mol. The van der Waals surface area contributed by atoms with Crippen molar-refractivity contribution in [1.29, 1.82) is 0 Å². The third-order valence-corrected chi connectivity index (χ3v) is 2.69. The highest BCUT2D eigenvalue weighted by atomic mass is 15.1. The normalized spacial score (nSPS) is 13.3. The van der Waals surface area contributed by atoms with Crippen molar-refractivity contribution in [1.82, 2.24) is 14.9 Å². The van der Waals surface area contributed by atoms with Crippen LogP contribution in [-0.4, -0.2) is 22.6 Å². The molecule has 0 aliphatic heterocycles. The second-order valence-electron chi connectivity index (χ2n) is 4.90. The predicted molar refractivity (Wildman–Crippen MR) is 68.6 cm³/mol. The standard InChI is InChI=1S/C13H25N3/c1-5-6-14-9-12(4)10-16-8-7-15-13(16)11(2)3/h7-8,11-12,14H,5-6,9-10H2,1-4H3. The van der Waals surface area contributed by atoms with Crippen LogP contribution in [0.2, 0.25) is 0 Å². The first-order valence-electron chi connectivity index (χ1n) is 6.36. The van der Waals surface area contributed by atoms with Crippen molar-refractivity contribution in [3.63, 3.8) is 0 Å². The van der Waals surface area contributed by atoms with Crippen LogP contribution in [0.1, 0.15) is 45.9 Å². The average Bonchev–Trinajstić information content (AvgIpc) is 2.66. The molecular formula is C13H25N3. The number of rotatable bonds is 7. The van der Waals surface area contributed by atoms with Gasteiger partial charge in [-0.2, -0.15) is 0 Å². The summed E-state index contributed by atoms with van der Waals surface area (Å²) >= 11 is 0. The number of imidazole rings is 1. The van der Waals surface area contributed by atoms with Gasteiger partial charge in [0, 0.05) is 24.9 Å². The van der Waals surface area contributed by atoms with Gasteiger partial charge in [0.15, 0.2) is 0 Å². The van der Waals surface area contributed by atoms with Gasteiger partial charge in [0.1, 0.15) is 5.82 Å². The van der Waals surface area contributed by atoms with Crippen LogP contribution in [0.15, 0.2) is 12.4 Å². The summed E-state index contributed by atoms with van der Waals surface area (Å²) in [4.78, 5) is 4.41. The summed E-state index contributed by atoms with van der Waals surface area (Å²) in [5.41, 5.74) is 0. The molecule has 0 saturated heterocycles. The molecule has 1 aromatic rings. The van der Waals surface area contributed by atoms with E-state index < -0.39 is 0 Å². The molecule has 0 saturated carbocycles. The minimum Gasteiger partial charge on any atom is -0.334 e. The van der Waals surface area contributed by atoms with E-state index >= 15 is 0 Å². The fourth-order valence-corrected chi connectivity index (χ4v) is 1.90. The van der Waals surface area contributed by atoms with E-state index in [1.165, 1.54) is 12.2 Å². The zero-order valence-electron chi connectivity index (χ0n) is 11.0. The maximum atomic E-state index is 4.41. The Kier molecular flexibility index (Phi) is 5.53. The molecule has 3 nitrogen and oxygen atoms in total. The van der Waals surface area contributed by atoms with Crippen LogP contribution in [-0.2, 0) is 6.54 Å². The monoisotopic (exact) mass is 223 g/mol. The molecule has 0 aliphatic carbocycles. The van der Waals surface area contributed by atoms with Gasteiger partial charge in [0.25, 0.3) is 0 Å². The van der Waals surface area contributed by atoms with Crippen LogP contribution < -0.4 is 5.32 Å². The first-order chi connectivity index (χ1) is 7.65. The summed E-state index contributed by atoms with van der Waals surface area (Å²) in [6.45, 7) is 12.1. The van der Waals surface area contributed by atoms with Crippen molar-refractivity contribution >= 4 is 0 Å². The van der Waals surface area contributed by atoms with E-state index in [1.807, 2.05) is 6.20 Å². The van der Waals surface area contributed by atoms with E-state index in [2.05, 4.69) is 48.8 Å². The van der Waals surface area contributed by atoms with Gasteiger partial charge >= 0.3 is 0 Å². The minimum atomic E-state index is 0.505. The topological polar surface area (TPSA) is 29.9 Å². The Bertz CT molecular complexity index is 291. The maximum absolute atomic E-state index is 4.41. The highest BCUT2D eigenvalue weighted by Gasteiger charge is 2.09. The minimum absolute atomic E-state index is 0.505. The first-order valence-corrected chi connectivity index (χ1v) is 6.36. The molecule has 0 radical (unpaired) electrons. The molecule has 0 amide bonds. The first kappa shape index (κ1) is 13.2. The third kappa shape index (κ3) is 3.97. The van der Waals surface area contributed by atoms with Crippen molar-refractivity contribution in [2.24, 2.45) is 5.92 Å². The second-order valence-corrected chi connectivity index (χ2v) is 4.90. The molecule has 1 rings (SSSR count). The third-order valence-electron chi connectivity index (χ3n) is 2.69. The van der Waals surface area contributed by atoms with Gasteiger partial charge in [-0.15, -0.1) is 0 Å². The Labute approximate surface area is 99.3 Å². The summed E-state index contributed by atoms with van der Waals surface area (Å²) < 4.78 is 2.28. The molecule has 92 valence electrons. The van der Waals surface area contributed by atoms with E-state index in [0.717, 1.165) is 19.6 Å². The van der Waals surface area contributed by atoms with Crippen molar-refractivity contribution in [2.75, 3.05) is 13.1 Å². The summed E-state index contributed by atoms with van der Waals surface area (Å²) in [5.74, 6) is 2.35. The highest BCUT2D eigenvalue weighted by molar-refractivity contribution is 4.97. The van der Waals surface area contributed by atoms with Crippen LogP contribution in [0.25, 0.3) is 0 Å². The maximum Gasteiger partial charge on any atom is 0.111 e. The predicted octanol–water partition coefficient (Wildman–Crippen LogP) is 2.64. The van der Waals surface area contributed by atoms with E-state index in [9.17, 15) is 0 Å². The van der Waals surface area contributed by atoms with Gasteiger partial charge in [-0.25, -0.2) is 4.98 Å². The van der Waals surface area contributed by atoms with Gasteiger partial charge in [-0.05, 0) is 25.4 Å². The molecule has 0 aliphatic rings. The number of nitrogens with one attached hydrogen (secondary N) is 1. The van der Waals surface area contributed by atoms with Crippen LogP contribution in [0.4, 0.5) is 0 Å². The summed E-state index contributed by atoms with van der Waals surface area (Å²) in [5, 5.41) is 3.46. The lowest BCUT2D eigenvalue weighted by Crippen LogP contribution is -2.25. The van der Waals surface area contributed by atoms with Crippen LogP contribution >= 0.6 is 0 Å². The largest absolute Gasteiger partial charge is 0.334 e. The van der Waals surface area contributed by atoms with Crippen molar-refractivity contribution < 1.29 is 0 Å². The number of hydrogen-bond donors (Lipinski definition) is 1. The van der Waals surface area contributed by atoms with E-state index in [-0.39, 0.29) is 0 Å². The quantitative estimate of drug-likeness (QED) is 0.720. The summed E-state index contributed by atoms with van der Waals surface area (Å²) in [6, 6.07) is 0. The van der Waals surface area contributed by atoms with Gasteiger partial charge in [-0.1, -0.05) is 27.7 Å². The smallest absolute Gasteiger partial charge is 0.111 e. The SMILES string of the molecule is CCCNCC(C)Cn1ccnc1C(C)C. The molecule has 1 heterocycles. The Hall–Kier alpha value is -0.830. The number of nitrogens with zero attached hydrogens (tertiary/aromatic N) is 2. The lowest BCUT2D eigenvalue weighted by molar-refractivity contribution is 0.434. The molecule has 3 heteroatoms. The Morgan fingerprint density at radius 2 is 2.12 bits per heavy atom. The van der Waals surface area contributed by atoms with Crippen molar-refractivity contribution in [3.8, 4) is 0 Å². The Balaban J connectivity index is 2.43. The van der Waals surface area contributed by atoms with Gasteiger partial charge < -0.3 is 9.88 Å².